The highest BCUT2D eigenvalue weighted by atomic mass is 16.7. The molecule has 0 spiro atoms. The maximum Gasteiger partial charge on any atom is 0.341 e. The number of ether oxygens (including phenoxy) is 1. The largest absolute Gasteiger partial charge is 0.482 e. The highest BCUT2D eigenvalue weighted by Gasteiger charge is 2.17. The number of rotatable bonds is 6. The van der Waals surface area contributed by atoms with Gasteiger partial charge in [0.2, 0.25) is 6.41 Å². The van der Waals surface area contributed by atoms with Gasteiger partial charge in [0.05, 0.1) is 11.3 Å². The van der Waals surface area contributed by atoms with Gasteiger partial charge in [0.25, 0.3) is 0 Å². The zero-order valence-electron chi connectivity index (χ0n) is 11.1. The van der Waals surface area contributed by atoms with Crippen LogP contribution < -0.4 is 9.80 Å². The standard InChI is InChI=1S/C13H17NO5/c1-13(2,3)19-14(9-15)10-5-4-6-11(7-10)18-8-12(16)17/h4-7,9H,8H2,1-3H3,(H,16,17). The Balaban J connectivity index is 2.84. The molecule has 6 heteroatoms. The number of aliphatic carboxylic acids is 1. The summed E-state index contributed by atoms with van der Waals surface area (Å²) >= 11 is 0. The molecule has 0 saturated heterocycles. The molecule has 1 aromatic carbocycles. The van der Waals surface area contributed by atoms with Crippen LogP contribution in [0.5, 0.6) is 5.75 Å². The van der Waals surface area contributed by atoms with Crippen molar-refractivity contribution in [2.24, 2.45) is 0 Å². The van der Waals surface area contributed by atoms with Gasteiger partial charge in [0, 0.05) is 6.07 Å². The number of carboxylic acids is 1. The lowest BCUT2D eigenvalue weighted by atomic mass is 10.2. The van der Waals surface area contributed by atoms with E-state index in [-0.39, 0.29) is 0 Å². The third-order valence-electron chi connectivity index (χ3n) is 1.90. The average molecular weight is 267 g/mol. The Hall–Kier alpha value is -2.08. The maximum atomic E-state index is 11.0. The lowest BCUT2D eigenvalue weighted by molar-refractivity contribution is -0.139. The maximum absolute atomic E-state index is 11.0. The molecule has 0 fully saturated rings. The van der Waals surface area contributed by atoms with E-state index < -0.39 is 18.2 Å². The van der Waals surface area contributed by atoms with E-state index >= 15 is 0 Å². The van der Waals surface area contributed by atoms with Crippen LogP contribution >= 0.6 is 0 Å². The molecule has 1 amide bonds. The first-order chi connectivity index (χ1) is 8.81. The van der Waals surface area contributed by atoms with Gasteiger partial charge in [-0.25, -0.2) is 4.79 Å². The second-order valence-corrected chi connectivity index (χ2v) is 4.81. The Labute approximate surface area is 111 Å². The highest BCUT2D eigenvalue weighted by molar-refractivity contribution is 5.73. The zero-order chi connectivity index (χ0) is 14.5. The summed E-state index contributed by atoms with van der Waals surface area (Å²) in [5, 5.41) is 9.61. The topological polar surface area (TPSA) is 76.1 Å². The monoisotopic (exact) mass is 267 g/mol. The summed E-state index contributed by atoms with van der Waals surface area (Å²) in [7, 11) is 0. The number of carboxylic acid groups (broad SMARTS) is 1. The fourth-order valence-electron chi connectivity index (χ4n) is 1.29. The molecule has 0 aromatic heterocycles. The molecule has 104 valence electrons. The fourth-order valence-corrected chi connectivity index (χ4v) is 1.29. The summed E-state index contributed by atoms with van der Waals surface area (Å²) in [4.78, 5) is 26.9. The summed E-state index contributed by atoms with van der Waals surface area (Å²) in [6, 6.07) is 6.44. The van der Waals surface area contributed by atoms with Gasteiger partial charge in [0.15, 0.2) is 6.61 Å². The van der Waals surface area contributed by atoms with Gasteiger partial charge >= 0.3 is 5.97 Å². The van der Waals surface area contributed by atoms with Crippen molar-refractivity contribution >= 4 is 18.1 Å². The Morgan fingerprint density at radius 3 is 2.63 bits per heavy atom. The lowest BCUT2D eigenvalue weighted by Crippen LogP contribution is -2.33. The van der Waals surface area contributed by atoms with E-state index in [1.807, 2.05) is 20.8 Å². The van der Waals surface area contributed by atoms with Crippen molar-refractivity contribution in [2.45, 2.75) is 26.4 Å². The molecule has 0 saturated carbocycles. The Bertz CT molecular complexity index is 453. The van der Waals surface area contributed by atoms with Crippen LogP contribution in [-0.4, -0.2) is 29.7 Å². The van der Waals surface area contributed by atoms with Crippen molar-refractivity contribution in [3.05, 3.63) is 24.3 Å². The van der Waals surface area contributed by atoms with Crippen LogP contribution in [0.3, 0.4) is 0 Å². The minimum Gasteiger partial charge on any atom is -0.482 e. The first-order valence-electron chi connectivity index (χ1n) is 5.70. The van der Waals surface area contributed by atoms with E-state index in [4.69, 9.17) is 14.7 Å². The molecule has 1 aromatic rings. The quantitative estimate of drug-likeness (QED) is 0.628. The van der Waals surface area contributed by atoms with E-state index in [2.05, 4.69) is 0 Å². The molecular formula is C13H17NO5. The van der Waals surface area contributed by atoms with Crippen molar-refractivity contribution in [3.63, 3.8) is 0 Å². The predicted molar refractivity (Wildman–Crippen MR) is 69.0 cm³/mol. The van der Waals surface area contributed by atoms with Crippen molar-refractivity contribution in [2.75, 3.05) is 11.7 Å². The number of carbonyl (C=O) groups excluding carboxylic acids is 1. The van der Waals surface area contributed by atoms with Gasteiger partial charge in [-0.05, 0) is 32.9 Å². The molecule has 0 aliphatic heterocycles. The third kappa shape index (κ3) is 5.39. The minimum absolute atomic E-state index is 0.351. The van der Waals surface area contributed by atoms with Crippen LogP contribution in [0.25, 0.3) is 0 Å². The number of amides is 1. The SMILES string of the molecule is CC(C)(C)ON(C=O)c1cccc(OCC(=O)O)c1. The number of hydroxylamine groups is 1. The molecule has 0 bridgehead atoms. The van der Waals surface area contributed by atoms with Crippen LogP contribution in [0.2, 0.25) is 0 Å². The third-order valence-corrected chi connectivity index (χ3v) is 1.90. The van der Waals surface area contributed by atoms with Gasteiger partial charge in [-0.1, -0.05) is 6.07 Å². The van der Waals surface area contributed by atoms with Gasteiger partial charge in [0.1, 0.15) is 5.75 Å². The van der Waals surface area contributed by atoms with Crippen molar-refractivity contribution in [3.8, 4) is 5.75 Å². The first kappa shape index (κ1) is 15.0. The molecule has 6 nitrogen and oxygen atoms in total. The van der Waals surface area contributed by atoms with E-state index in [1.165, 1.54) is 6.07 Å². The fraction of sp³-hybridized carbons (Fsp3) is 0.385. The van der Waals surface area contributed by atoms with Gasteiger partial charge in [-0.2, -0.15) is 5.06 Å². The summed E-state index contributed by atoms with van der Waals surface area (Å²) in [6.07, 6.45) is 0.543. The van der Waals surface area contributed by atoms with Crippen LogP contribution in [0.4, 0.5) is 5.69 Å². The Kier molecular flexibility index (Phi) is 4.88. The van der Waals surface area contributed by atoms with Crippen LogP contribution in [0, 0.1) is 0 Å². The molecule has 0 atom stereocenters. The van der Waals surface area contributed by atoms with Crippen LogP contribution in [0.1, 0.15) is 20.8 Å². The summed E-state index contributed by atoms with van der Waals surface area (Å²) in [5.74, 6) is -0.715. The predicted octanol–water partition coefficient (Wildman–Crippen LogP) is 1.84. The Morgan fingerprint density at radius 1 is 1.42 bits per heavy atom. The molecule has 0 heterocycles. The number of nitrogens with zero attached hydrogens (tertiary/aromatic N) is 1. The molecule has 19 heavy (non-hydrogen) atoms. The molecule has 0 aliphatic carbocycles. The van der Waals surface area contributed by atoms with E-state index in [9.17, 15) is 9.59 Å². The Morgan fingerprint density at radius 2 is 2.11 bits per heavy atom. The second-order valence-electron chi connectivity index (χ2n) is 4.81. The van der Waals surface area contributed by atoms with E-state index in [1.54, 1.807) is 18.2 Å². The molecule has 0 radical (unpaired) electrons. The number of carbonyl (C=O) groups is 2. The summed E-state index contributed by atoms with van der Waals surface area (Å²) < 4.78 is 5.04. The summed E-state index contributed by atoms with van der Waals surface area (Å²) in [5.41, 5.74) is -0.0634. The normalized spacial score (nSPS) is 10.9. The molecule has 0 unspecified atom stereocenters. The lowest BCUT2D eigenvalue weighted by Gasteiger charge is -2.26. The van der Waals surface area contributed by atoms with E-state index in [0.717, 1.165) is 5.06 Å². The molecule has 0 aliphatic rings. The minimum atomic E-state index is -1.07. The van der Waals surface area contributed by atoms with E-state index in [0.29, 0.717) is 17.8 Å². The van der Waals surface area contributed by atoms with Crippen molar-refractivity contribution in [1.29, 1.82) is 0 Å². The first-order valence-corrected chi connectivity index (χ1v) is 5.70. The van der Waals surface area contributed by atoms with Crippen molar-refractivity contribution < 1.29 is 24.3 Å². The molecule has 1 rings (SSSR count). The van der Waals surface area contributed by atoms with Crippen LogP contribution in [-0.2, 0) is 14.4 Å². The number of hydrogen-bond acceptors (Lipinski definition) is 4. The number of benzene rings is 1. The van der Waals surface area contributed by atoms with Crippen LogP contribution in [0.15, 0.2) is 24.3 Å². The zero-order valence-corrected chi connectivity index (χ0v) is 11.1. The van der Waals surface area contributed by atoms with Gasteiger partial charge < -0.3 is 9.84 Å². The second kappa shape index (κ2) is 6.19. The summed E-state index contributed by atoms with van der Waals surface area (Å²) in [6.45, 7) is 5.00. The number of anilines is 1. The van der Waals surface area contributed by atoms with Gasteiger partial charge in [-0.15, -0.1) is 0 Å². The molecule has 1 N–H and O–H groups in total. The van der Waals surface area contributed by atoms with Gasteiger partial charge in [-0.3, -0.25) is 9.63 Å². The smallest absolute Gasteiger partial charge is 0.341 e. The molecular weight excluding hydrogens is 250 g/mol. The average Bonchev–Trinajstić information content (AvgIpc) is 2.32. The van der Waals surface area contributed by atoms with Crippen molar-refractivity contribution in [1.82, 2.24) is 0 Å². The number of hydrogen-bond donors (Lipinski definition) is 1. The highest BCUT2D eigenvalue weighted by Crippen LogP contribution is 2.23.